The van der Waals surface area contributed by atoms with Crippen LogP contribution in [0.2, 0.25) is 0 Å². The number of aromatic nitrogens is 1. The van der Waals surface area contributed by atoms with E-state index in [0.717, 1.165) is 19.4 Å². The molecule has 18 heavy (non-hydrogen) atoms. The lowest BCUT2D eigenvalue weighted by Gasteiger charge is -2.28. The van der Waals surface area contributed by atoms with Gasteiger partial charge in [-0.3, -0.25) is 4.98 Å². The highest BCUT2D eigenvalue weighted by molar-refractivity contribution is 5.30. The van der Waals surface area contributed by atoms with Gasteiger partial charge in [-0.1, -0.05) is 6.07 Å². The minimum atomic E-state index is 0.105. The fraction of sp³-hybridized carbons (Fsp3) is 0.667. The van der Waals surface area contributed by atoms with E-state index in [0.29, 0.717) is 11.8 Å². The Bertz CT molecular complexity index is 417. The topological polar surface area (TPSA) is 48.1 Å². The molecule has 1 fully saturated rings. The van der Waals surface area contributed by atoms with Gasteiger partial charge in [-0.05, 0) is 50.2 Å². The SMILES string of the molecule is CCOC(C1CC1)C(N)C1CCc2cccnc21. The minimum Gasteiger partial charge on any atom is -0.377 e. The molecule has 0 spiro atoms. The molecule has 1 heterocycles. The Morgan fingerprint density at radius 2 is 2.28 bits per heavy atom. The van der Waals surface area contributed by atoms with E-state index in [1.54, 1.807) is 0 Å². The van der Waals surface area contributed by atoms with Crippen LogP contribution in [0.5, 0.6) is 0 Å². The van der Waals surface area contributed by atoms with Crippen LogP contribution in [0.15, 0.2) is 18.3 Å². The van der Waals surface area contributed by atoms with Crippen molar-refractivity contribution in [2.24, 2.45) is 11.7 Å². The lowest BCUT2D eigenvalue weighted by Crippen LogP contribution is -2.42. The molecule has 1 aromatic rings. The zero-order valence-corrected chi connectivity index (χ0v) is 11.0. The number of aryl methyl sites for hydroxylation is 1. The molecule has 1 saturated carbocycles. The van der Waals surface area contributed by atoms with Gasteiger partial charge in [0, 0.05) is 30.5 Å². The Balaban J connectivity index is 1.78. The smallest absolute Gasteiger partial charge is 0.0760 e. The average molecular weight is 246 g/mol. The summed E-state index contributed by atoms with van der Waals surface area (Å²) in [5, 5.41) is 0. The van der Waals surface area contributed by atoms with Crippen LogP contribution in [-0.2, 0) is 11.2 Å². The third kappa shape index (κ3) is 2.17. The third-order valence-corrected chi connectivity index (χ3v) is 4.29. The monoisotopic (exact) mass is 246 g/mol. The number of rotatable bonds is 5. The molecule has 3 atom stereocenters. The van der Waals surface area contributed by atoms with E-state index in [9.17, 15) is 0 Å². The number of hydrogen-bond donors (Lipinski definition) is 1. The first-order valence-corrected chi connectivity index (χ1v) is 7.12. The number of hydrogen-bond acceptors (Lipinski definition) is 3. The molecular formula is C15H22N2O. The molecule has 3 rings (SSSR count). The van der Waals surface area contributed by atoms with Gasteiger partial charge in [-0.15, -0.1) is 0 Å². The van der Waals surface area contributed by atoms with Gasteiger partial charge in [0.05, 0.1) is 6.10 Å². The lowest BCUT2D eigenvalue weighted by molar-refractivity contribution is 0.0220. The Hall–Kier alpha value is -0.930. The summed E-state index contributed by atoms with van der Waals surface area (Å²) < 4.78 is 5.90. The van der Waals surface area contributed by atoms with Crippen molar-refractivity contribution in [3.8, 4) is 0 Å². The Morgan fingerprint density at radius 1 is 1.44 bits per heavy atom. The molecule has 2 aliphatic rings. The van der Waals surface area contributed by atoms with Crippen molar-refractivity contribution in [3.05, 3.63) is 29.6 Å². The molecular weight excluding hydrogens is 224 g/mol. The van der Waals surface area contributed by atoms with E-state index >= 15 is 0 Å². The first-order valence-electron chi connectivity index (χ1n) is 7.12. The number of ether oxygens (including phenoxy) is 1. The molecule has 0 radical (unpaired) electrons. The Kier molecular flexibility index (Phi) is 3.35. The minimum absolute atomic E-state index is 0.105. The first-order chi connectivity index (χ1) is 8.81. The van der Waals surface area contributed by atoms with Gasteiger partial charge in [0.1, 0.15) is 0 Å². The molecule has 0 bridgehead atoms. The maximum atomic E-state index is 6.50. The van der Waals surface area contributed by atoms with Gasteiger partial charge in [-0.25, -0.2) is 0 Å². The zero-order chi connectivity index (χ0) is 12.5. The number of pyridine rings is 1. The van der Waals surface area contributed by atoms with E-state index < -0.39 is 0 Å². The normalized spacial score (nSPS) is 25.8. The van der Waals surface area contributed by atoms with Crippen molar-refractivity contribution in [1.82, 2.24) is 4.98 Å². The fourth-order valence-electron chi connectivity index (χ4n) is 3.23. The Morgan fingerprint density at radius 3 is 3.00 bits per heavy atom. The van der Waals surface area contributed by atoms with Crippen LogP contribution < -0.4 is 5.73 Å². The van der Waals surface area contributed by atoms with Gasteiger partial charge in [-0.2, -0.15) is 0 Å². The van der Waals surface area contributed by atoms with E-state index in [1.165, 1.54) is 24.1 Å². The molecule has 0 saturated heterocycles. The average Bonchev–Trinajstić information content (AvgIpc) is 3.14. The van der Waals surface area contributed by atoms with Crippen LogP contribution >= 0.6 is 0 Å². The van der Waals surface area contributed by atoms with Crippen molar-refractivity contribution in [1.29, 1.82) is 0 Å². The predicted molar refractivity (Wildman–Crippen MR) is 71.4 cm³/mol. The van der Waals surface area contributed by atoms with Crippen LogP contribution in [-0.4, -0.2) is 23.7 Å². The highest BCUT2D eigenvalue weighted by Crippen LogP contribution is 2.41. The maximum Gasteiger partial charge on any atom is 0.0760 e. The van der Waals surface area contributed by atoms with Gasteiger partial charge in [0.25, 0.3) is 0 Å². The number of fused-ring (bicyclic) bond motifs is 1. The fourth-order valence-corrected chi connectivity index (χ4v) is 3.23. The molecule has 2 N–H and O–H groups in total. The molecule has 0 aromatic carbocycles. The molecule has 0 amide bonds. The molecule has 98 valence electrons. The van der Waals surface area contributed by atoms with E-state index in [4.69, 9.17) is 10.5 Å². The van der Waals surface area contributed by atoms with E-state index in [2.05, 4.69) is 18.0 Å². The highest BCUT2D eigenvalue weighted by atomic mass is 16.5. The van der Waals surface area contributed by atoms with E-state index in [1.807, 2.05) is 12.3 Å². The number of nitrogens with two attached hydrogens (primary N) is 1. The summed E-state index contributed by atoms with van der Waals surface area (Å²) >= 11 is 0. The summed E-state index contributed by atoms with van der Waals surface area (Å²) in [5.41, 5.74) is 9.10. The van der Waals surface area contributed by atoms with Crippen LogP contribution in [0.25, 0.3) is 0 Å². The number of nitrogens with zero attached hydrogens (tertiary/aromatic N) is 1. The molecule has 0 aliphatic heterocycles. The molecule has 3 heteroatoms. The second-order valence-corrected chi connectivity index (χ2v) is 5.53. The van der Waals surface area contributed by atoms with Gasteiger partial charge in [0.15, 0.2) is 0 Å². The summed E-state index contributed by atoms with van der Waals surface area (Å²) in [6.07, 6.45) is 6.92. The molecule has 1 aromatic heterocycles. The van der Waals surface area contributed by atoms with Crippen molar-refractivity contribution < 1.29 is 4.74 Å². The zero-order valence-electron chi connectivity index (χ0n) is 11.0. The van der Waals surface area contributed by atoms with Crippen molar-refractivity contribution in [2.75, 3.05) is 6.61 Å². The summed E-state index contributed by atoms with van der Waals surface area (Å²) in [7, 11) is 0. The van der Waals surface area contributed by atoms with Crippen molar-refractivity contribution in [2.45, 2.75) is 50.7 Å². The maximum absolute atomic E-state index is 6.50. The summed E-state index contributed by atoms with van der Waals surface area (Å²) in [6, 6.07) is 4.31. The molecule has 3 unspecified atom stereocenters. The first kappa shape index (κ1) is 12.1. The molecule has 2 aliphatic carbocycles. The summed E-state index contributed by atoms with van der Waals surface area (Å²) in [6.45, 7) is 2.82. The lowest BCUT2D eigenvalue weighted by atomic mass is 9.91. The largest absolute Gasteiger partial charge is 0.377 e. The van der Waals surface area contributed by atoms with Crippen molar-refractivity contribution in [3.63, 3.8) is 0 Å². The summed E-state index contributed by atoms with van der Waals surface area (Å²) in [5.74, 6) is 1.08. The summed E-state index contributed by atoms with van der Waals surface area (Å²) in [4.78, 5) is 4.55. The quantitative estimate of drug-likeness (QED) is 0.867. The molecule has 3 nitrogen and oxygen atoms in total. The van der Waals surface area contributed by atoms with Crippen LogP contribution in [0.3, 0.4) is 0 Å². The standard InChI is InChI=1S/C15H22N2O/c1-2-18-15(11-5-6-11)13(16)12-8-7-10-4-3-9-17-14(10)12/h3-4,9,11-13,15H,2,5-8,16H2,1H3. The highest BCUT2D eigenvalue weighted by Gasteiger charge is 2.41. The third-order valence-electron chi connectivity index (χ3n) is 4.29. The van der Waals surface area contributed by atoms with Gasteiger partial charge < -0.3 is 10.5 Å². The second-order valence-electron chi connectivity index (χ2n) is 5.53. The second kappa shape index (κ2) is 4.98. The van der Waals surface area contributed by atoms with E-state index in [-0.39, 0.29) is 12.1 Å². The van der Waals surface area contributed by atoms with Crippen LogP contribution in [0.1, 0.15) is 43.4 Å². The predicted octanol–water partition coefficient (Wildman–Crippen LogP) is 2.25. The van der Waals surface area contributed by atoms with Crippen LogP contribution in [0.4, 0.5) is 0 Å². The Labute approximate surface area is 109 Å². The van der Waals surface area contributed by atoms with Gasteiger partial charge in [0.2, 0.25) is 0 Å². The van der Waals surface area contributed by atoms with Gasteiger partial charge >= 0.3 is 0 Å². The van der Waals surface area contributed by atoms with Crippen LogP contribution in [0, 0.1) is 5.92 Å². The van der Waals surface area contributed by atoms with Crippen molar-refractivity contribution >= 4 is 0 Å².